The van der Waals surface area contributed by atoms with Crippen LogP contribution in [0.3, 0.4) is 0 Å². The summed E-state index contributed by atoms with van der Waals surface area (Å²) in [4.78, 5) is 0. The monoisotopic (exact) mass is 490 g/mol. The van der Waals surface area contributed by atoms with Crippen molar-refractivity contribution in [3.8, 4) is 11.5 Å². The average molecular weight is 491 g/mol. The molecule has 0 saturated carbocycles. The summed E-state index contributed by atoms with van der Waals surface area (Å²) in [6, 6.07) is 22.6. The van der Waals surface area contributed by atoms with Crippen LogP contribution in [-0.4, -0.2) is 10.5 Å². The summed E-state index contributed by atoms with van der Waals surface area (Å²) < 4.78 is 67.3. The normalized spacial score (nSPS) is 13.5. The van der Waals surface area contributed by atoms with E-state index < -0.39 is 24.4 Å². The lowest BCUT2D eigenvalue weighted by Crippen LogP contribution is -2.41. The van der Waals surface area contributed by atoms with Crippen LogP contribution in [0.2, 0.25) is 0 Å². The zero-order chi connectivity index (χ0) is 22.5. The Kier molecular flexibility index (Phi) is 7.22. The topological polar surface area (TPSA) is 44.8 Å². The minimum atomic E-state index is -5.12. The van der Waals surface area contributed by atoms with Gasteiger partial charge in [-0.05, 0) is 29.8 Å². The van der Waals surface area contributed by atoms with Crippen LogP contribution < -0.4 is 9.05 Å². The number of hydrogen-bond donors (Lipinski definition) is 0. The molecule has 1 atom stereocenters. The number of phosphoric ester groups is 1. The smallest absolute Gasteiger partial charge is 0.395 e. The van der Waals surface area contributed by atoms with Gasteiger partial charge in [-0.3, -0.25) is 4.52 Å². The molecule has 0 spiro atoms. The van der Waals surface area contributed by atoms with E-state index in [1.54, 1.807) is 42.5 Å². The highest BCUT2D eigenvalue weighted by atomic mass is 35.5. The molecular weight excluding hydrogens is 475 g/mol. The van der Waals surface area contributed by atoms with Crippen LogP contribution in [0.1, 0.15) is 11.7 Å². The van der Waals surface area contributed by atoms with Crippen molar-refractivity contribution >= 4 is 31.0 Å². The first-order valence-corrected chi connectivity index (χ1v) is 11.1. The first-order valence-electron chi connectivity index (χ1n) is 8.88. The molecule has 164 valence electrons. The van der Waals surface area contributed by atoms with Crippen molar-refractivity contribution in [1.29, 1.82) is 0 Å². The molecule has 0 aliphatic heterocycles. The van der Waals surface area contributed by atoms with Gasteiger partial charge < -0.3 is 9.05 Å². The molecule has 4 nitrogen and oxygen atoms in total. The van der Waals surface area contributed by atoms with E-state index in [-0.39, 0.29) is 17.1 Å². The number of halogens is 5. The first kappa shape index (κ1) is 23.5. The lowest BCUT2D eigenvalue weighted by molar-refractivity contribution is -0.160. The van der Waals surface area contributed by atoms with E-state index in [1.807, 2.05) is 0 Å². The number of para-hydroxylation sites is 2. The maximum atomic E-state index is 13.7. The highest BCUT2D eigenvalue weighted by Crippen LogP contribution is 2.59. The van der Waals surface area contributed by atoms with E-state index in [1.165, 1.54) is 48.5 Å². The second kappa shape index (κ2) is 9.53. The maximum Gasteiger partial charge on any atom is 0.588 e. The van der Waals surface area contributed by atoms with Crippen molar-refractivity contribution in [2.45, 2.75) is 16.6 Å². The van der Waals surface area contributed by atoms with Gasteiger partial charge in [0.15, 0.2) is 0 Å². The lowest BCUT2D eigenvalue weighted by Gasteiger charge is -2.33. The molecule has 3 rings (SSSR count). The third kappa shape index (κ3) is 5.95. The predicted molar refractivity (Wildman–Crippen MR) is 113 cm³/mol. The van der Waals surface area contributed by atoms with Crippen LogP contribution in [0.4, 0.5) is 13.2 Å². The Morgan fingerprint density at radius 3 is 1.48 bits per heavy atom. The Bertz CT molecular complexity index is 974. The molecule has 0 fully saturated rings. The van der Waals surface area contributed by atoms with Gasteiger partial charge >= 0.3 is 14.0 Å². The molecule has 3 aromatic rings. The Morgan fingerprint density at radius 1 is 0.710 bits per heavy atom. The molecule has 0 bridgehead atoms. The second-order valence-corrected chi connectivity index (χ2v) is 9.13. The Labute approximate surface area is 187 Å². The van der Waals surface area contributed by atoms with E-state index >= 15 is 0 Å². The van der Waals surface area contributed by atoms with Crippen molar-refractivity contribution in [3.05, 3.63) is 96.6 Å². The maximum absolute atomic E-state index is 13.7. The summed E-state index contributed by atoms with van der Waals surface area (Å²) in [5, 5.41) is 0. The first-order chi connectivity index (χ1) is 14.6. The average Bonchev–Trinajstić information content (AvgIpc) is 2.73. The fraction of sp³-hybridized carbons (Fsp3) is 0.143. The van der Waals surface area contributed by atoms with E-state index in [0.29, 0.717) is 0 Å². The van der Waals surface area contributed by atoms with E-state index in [2.05, 4.69) is 0 Å². The highest BCUT2D eigenvalue weighted by molar-refractivity contribution is 7.49. The molecule has 0 aliphatic carbocycles. The van der Waals surface area contributed by atoms with Gasteiger partial charge in [0.2, 0.25) is 4.33 Å². The molecule has 0 unspecified atom stereocenters. The summed E-state index contributed by atoms with van der Waals surface area (Å²) in [6.07, 6.45) is -7.25. The minimum absolute atomic E-state index is 0.0512. The molecule has 10 heteroatoms. The van der Waals surface area contributed by atoms with Gasteiger partial charge in [-0.1, -0.05) is 89.9 Å². The van der Waals surface area contributed by atoms with Crippen LogP contribution >= 0.6 is 31.0 Å². The molecule has 0 amide bonds. The number of hydrogen-bond acceptors (Lipinski definition) is 4. The van der Waals surface area contributed by atoms with Crippen molar-refractivity contribution in [3.63, 3.8) is 0 Å². The van der Waals surface area contributed by atoms with E-state index in [9.17, 15) is 17.7 Å². The SMILES string of the molecule is O=P(Oc1ccccc1)(Oc1ccccc1)O[C@H](c1ccccc1)C(Cl)(Cl)C(F)(F)F. The summed E-state index contributed by atoms with van der Waals surface area (Å²) in [6.45, 7) is 0. The summed E-state index contributed by atoms with van der Waals surface area (Å²) in [5.74, 6) is 0.102. The van der Waals surface area contributed by atoms with Gasteiger partial charge in [0.25, 0.3) is 0 Å². The van der Waals surface area contributed by atoms with Gasteiger partial charge in [-0.25, -0.2) is 4.57 Å². The Hall–Kier alpha value is -2.18. The number of alkyl halides is 5. The van der Waals surface area contributed by atoms with Crippen molar-refractivity contribution in [1.82, 2.24) is 0 Å². The van der Waals surface area contributed by atoms with Gasteiger partial charge in [0.1, 0.15) is 17.6 Å². The van der Waals surface area contributed by atoms with Gasteiger partial charge in [0.05, 0.1) is 0 Å². The molecule has 0 heterocycles. The predicted octanol–water partition coefficient (Wildman–Crippen LogP) is 7.75. The largest absolute Gasteiger partial charge is 0.588 e. The molecule has 3 aromatic carbocycles. The van der Waals surface area contributed by atoms with Gasteiger partial charge in [0, 0.05) is 0 Å². The van der Waals surface area contributed by atoms with Crippen LogP contribution in [0.15, 0.2) is 91.0 Å². The quantitative estimate of drug-likeness (QED) is 0.239. The van der Waals surface area contributed by atoms with Crippen molar-refractivity contribution < 1.29 is 31.3 Å². The molecular formula is C21H16Cl2F3O4P. The Morgan fingerprint density at radius 2 is 1.10 bits per heavy atom. The number of benzene rings is 3. The van der Waals surface area contributed by atoms with Gasteiger partial charge in [-0.15, -0.1) is 0 Å². The molecule has 0 N–H and O–H groups in total. The second-order valence-electron chi connectivity index (χ2n) is 6.27. The standard InChI is InChI=1S/C21H16Cl2F3O4P/c22-20(23,21(24,25)26)19(16-10-4-1-5-11-16)30-31(27,28-17-12-6-2-7-13-17)29-18-14-8-3-9-15-18/h1-15,19H/t19-/m1/s1. The zero-order valence-corrected chi connectivity index (χ0v) is 18.1. The van der Waals surface area contributed by atoms with E-state index in [4.69, 9.17) is 36.8 Å². The van der Waals surface area contributed by atoms with Crippen molar-refractivity contribution in [2.75, 3.05) is 0 Å². The summed E-state index contributed by atoms with van der Waals surface area (Å²) in [7, 11) is -4.72. The summed E-state index contributed by atoms with van der Waals surface area (Å²) >= 11 is 11.4. The third-order valence-electron chi connectivity index (χ3n) is 3.96. The van der Waals surface area contributed by atoms with Crippen LogP contribution in [0.25, 0.3) is 0 Å². The van der Waals surface area contributed by atoms with Crippen LogP contribution in [-0.2, 0) is 9.09 Å². The summed E-state index contributed by atoms with van der Waals surface area (Å²) in [5.41, 5.74) is -0.0710. The van der Waals surface area contributed by atoms with Crippen molar-refractivity contribution in [2.24, 2.45) is 0 Å². The fourth-order valence-electron chi connectivity index (χ4n) is 2.52. The van der Waals surface area contributed by atoms with E-state index in [0.717, 1.165) is 0 Å². The number of phosphoric acid groups is 1. The van der Waals surface area contributed by atoms with Gasteiger partial charge in [-0.2, -0.15) is 13.2 Å². The molecule has 31 heavy (non-hydrogen) atoms. The zero-order valence-electron chi connectivity index (χ0n) is 15.7. The molecule has 0 aliphatic rings. The fourth-order valence-corrected chi connectivity index (χ4v) is 4.41. The Balaban J connectivity index is 2.04. The molecule has 0 aromatic heterocycles. The minimum Gasteiger partial charge on any atom is -0.395 e. The van der Waals surface area contributed by atoms with Crippen LogP contribution in [0.5, 0.6) is 11.5 Å². The molecule has 0 radical (unpaired) electrons. The highest BCUT2D eigenvalue weighted by Gasteiger charge is 2.61. The lowest BCUT2D eigenvalue weighted by atomic mass is 10.1. The molecule has 0 saturated heterocycles. The van der Waals surface area contributed by atoms with Crippen LogP contribution in [0, 0.1) is 0 Å². The third-order valence-corrected chi connectivity index (χ3v) is 6.13. The number of rotatable bonds is 8.